The number of para-hydroxylation sites is 4. The number of amides is 2. The van der Waals surface area contributed by atoms with E-state index in [1.165, 1.54) is 13.3 Å². The standard InChI is InChI=1S/C24H24N4O4/c1-16-9-4-5-11-18(16)26-22-17(10-8-14-21(22)32-3)15-25-28-24(30)23(29)27-19-12-6-7-13-20(19)31-2/h4-15,26H,1-3H3,(H,27,29)(H,28,30)/b25-15-. The van der Waals surface area contributed by atoms with Crippen LogP contribution in [0.5, 0.6) is 11.5 Å². The number of nitrogens with one attached hydrogen (secondary N) is 3. The van der Waals surface area contributed by atoms with Gasteiger partial charge in [0.1, 0.15) is 11.5 Å². The summed E-state index contributed by atoms with van der Waals surface area (Å²) in [6.07, 6.45) is 1.44. The molecule has 0 heterocycles. The first-order chi connectivity index (χ1) is 15.5. The normalized spacial score (nSPS) is 10.5. The first kappa shape index (κ1) is 22.4. The van der Waals surface area contributed by atoms with E-state index in [9.17, 15) is 9.59 Å². The Balaban J connectivity index is 1.72. The third kappa shape index (κ3) is 5.42. The van der Waals surface area contributed by atoms with Crippen LogP contribution in [0.3, 0.4) is 0 Å². The number of aryl methyl sites for hydroxylation is 1. The summed E-state index contributed by atoms with van der Waals surface area (Å²) >= 11 is 0. The Labute approximate surface area is 186 Å². The Bertz CT molecular complexity index is 1140. The number of rotatable bonds is 7. The third-order valence-electron chi connectivity index (χ3n) is 4.61. The highest BCUT2D eigenvalue weighted by atomic mass is 16.5. The van der Waals surface area contributed by atoms with Crippen LogP contribution in [0.15, 0.2) is 71.8 Å². The van der Waals surface area contributed by atoms with Crippen molar-refractivity contribution in [2.24, 2.45) is 5.10 Å². The second kappa shape index (κ2) is 10.6. The SMILES string of the molecule is COc1ccccc1NC(=O)C(=O)N/N=C\c1cccc(OC)c1Nc1ccccc1C. The minimum absolute atomic E-state index is 0.386. The molecule has 0 spiro atoms. The van der Waals surface area contributed by atoms with Crippen molar-refractivity contribution >= 4 is 35.1 Å². The molecule has 0 radical (unpaired) electrons. The number of hydrogen-bond donors (Lipinski definition) is 3. The lowest BCUT2D eigenvalue weighted by Gasteiger charge is -2.15. The summed E-state index contributed by atoms with van der Waals surface area (Å²) in [6, 6.07) is 20.1. The van der Waals surface area contributed by atoms with Crippen LogP contribution in [0.2, 0.25) is 0 Å². The second-order valence-corrected chi connectivity index (χ2v) is 6.72. The number of anilines is 3. The van der Waals surface area contributed by atoms with Gasteiger partial charge in [0.2, 0.25) is 0 Å². The molecule has 3 aromatic carbocycles. The summed E-state index contributed by atoms with van der Waals surface area (Å²) in [7, 11) is 3.05. The van der Waals surface area contributed by atoms with Crippen molar-refractivity contribution in [3.8, 4) is 11.5 Å². The maximum atomic E-state index is 12.2. The summed E-state index contributed by atoms with van der Waals surface area (Å²) in [6.45, 7) is 1.99. The molecule has 3 N–H and O–H groups in total. The van der Waals surface area contributed by atoms with Gasteiger partial charge in [0.05, 0.1) is 31.8 Å². The van der Waals surface area contributed by atoms with Crippen LogP contribution >= 0.6 is 0 Å². The second-order valence-electron chi connectivity index (χ2n) is 6.72. The highest BCUT2D eigenvalue weighted by molar-refractivity contribution is 6.39. The summed E-state index contributed by atoms with van der Waals surface area (Å²) in [5.74, 6) is -0.725. The van der Waals surface area contributed by atoms with Gasteiger partial charge in [-0.1, -0.05) is 42.5 Å². The molecule has 0 aromatic heterocycles. The first-order valence-corrected chi connectivity index (χ1v) is 9.80. The van der Waals surface area contributed by atoms with Crippen LogP contribution in [0.1, 0.15) is 11.1 Å². The molecular weight excluding hydrogens is 408 g/mol. The molecule has 0 saturated carbocycles. The zero-order valence-electron chi connectivity index (χ0n) is 18.0. The molecule has 3 aromatic rings. The van der Waals surface area contributed by atoms with Crippen molar-refractivity contribution in [2.75, 3.05) is 24.9 Å². The highest BCUT2D eigenvalue weighted by Crippen LogP contribution is 2.31. The van der Waals surface area contributed by atoms with Gasteiger partial charge >= 0.3 is 11.8 Å². The van der Waals surface area contributed by atoms with Crippen LogP contribution in [0.4, 0.5) is 17.1 Å². The fourth-order valence-electron chi connectivity index (χ4n) is 2.95. The van der Waals surface area contributed by atoms with E-state index in [2.05, 4.69) is 21.2 Å². The number of benzene rings is 3. The number of carbonyl (C=O) groups excluding carboxylic acids is 2. The molecule has 8 heteroatoms. The Morgan fingerprint density at radius 3 is 2.19 bits per heavy atom. The number of ether oxygens (including phenoxy) is 2. The van der Waals surface area contributed by atoms with Crippen LogP contribution in [0, 0.1) is 6.92 Å². The van der Waals surface area contributed by atoms with Crippen molar-refractivity contribution in [3.05, 3.63) is 77.9 Å². The molecule has 0 aliphatic rings. The van der Waals surface area contributed by atoms with E-state index in [0.29, 0.717) is 28.4 Å². The van der Waals surface area contributed by atoms with Gasteiger partial charge in [-0.3, -0.25) is 9.59 Å². The van der Waals surface area contributed by atoms with Gasteiger partial charge in [0.15, 0.2) is 0 Å². The lowest BCUT2D eigenvalue weighted by Crippen LogP contribution is -2.32. The van der Waals surface area contributed by atoms with Gasteiger partial charge in [-0.15, -0.1) is 0 Å². The largest absolute Gasteiger partial charge is 0.495 e. The van der Waals surface area contributed by atoms with E-state index in [1.54, 1.807) is 37.4 Å². The van der Waals surface area contributed by atoms with E-state index in [1.807, 2.05) is 43.3 Å². The zero-order valence-corrected chi connectivity index (χ0v) is 18.0. The lowest BCUT2D eigenvalue weighted by molar-refractivity contribution is -0.136. The molecule has 0 aliphatic carbocycles. The molecule has 0 saturated heterocycles. The van der Waals surface area contributed by atoms with E-state index >= 15 is 0 Å². The Hall–Kier alpha value is -4.33. The molecular formula is C24H24N4O4. The monoisotopic (exact) mass is 432 g/mol. The molecule has 0 atom stereocenters. The van der Waals surface area contributed by atoms with Crippen molar-refractivity contribution in [1.29, 1.82) is 0 Å². The Morgan fingerprint density at radius 1 is 0.812 bits per heavy atom. The molecule has 164 valence electrons. The topological polar surface area (TPSA) is 101 Å². The Morgan fingerprint density at radius 2 is 1.47 bits per heavy atom. The van der Waals surface area contributed by atoms with Gasteiger partial charge in [-0.2, -0.15) is 5.10 Å². The smallest absolute Gasteiger partial charge is 0.329 e. The predicted octanol–water partition coefficient (Wildman–Crippen LogP) is 3.84. The Kier molecular flexibility index (Phi) is 7.42. The number of hydrogen-bond acceptors (Lipinski definition) is 6. The average Bonchev–Trinajstić information content (AvgIpc) is 2.81. The van der Waals surface area contributed by atoms with Gasteiger partial charge in [-0.25, -0.2) is 5.43 Å². The number of carbonyl (C=O) groups is 2. The summed E-state index contributed by atoms with van der Waals surface area (Å²) in [5, 5.41) is 9.78. The zero-order chi connectivity index (χ0) is 22.9. The van der Waals surface area contributed by atoms with Crippen molar-refractivity contribution < 1.29 is 19.1 Å². The summed E-state index contributed by atoms with van der Waals surface area (Å²) < 4.78 is 10.6. The molecule has 0 fully saturated rings. The van der Waals surface area contributed by atoms with E-state index in [-0.39, 0.29) is 0 Å². The highest BCUT2D eigenvalue weighted by Gasteiger charge is 2.15. The molecule has 0 bridgehead atoms. The minimum Gasteiger partial charge on any atom is -0.495 e. The molecule has 3 rings (SSSR count). The van der Waals surface area contributed by atoms with Gasteiger partial charge < -0.3 is 20.1 Å². The molecule has 2 amide bonds. The van der Waals surface area contributed by atoms with E-state index in [0.717, 1.165) is 11.3 Å². The fourth-order valence-corrected chi connectivity index (χ4v) is 2.95. The number of methoxy groups -OCH3 is 2. The fraction of sp³-hybridized carbons (Fsp3) is 0.125. The number of nitrogens with zero attached hydrogens (tertiary/aromatic N) is 1. The maximum Gasteiger partial charge on any atom is 0.329 e. The van der Waals surface area contributed by atoms with Crippen LogP contribution in [-0.4, -0.2) is 32.2 Å². The lowest BCUT2D eigenvalue weighted by atomic mass is 10.1. The van der Waals surface area contributed by atoms with Crippen LogP contribution in [-0.2, 0) is 9.59 Å². The summed E-state index contributed by atoms with van der Waals surface area (Å²) in [5.41, 5.74) is 5.94. The van der Waals surface area contributed by atoms with Crippen LogP contribution in [0.25, 0.3) is 0 Å². The third-order valence-corrected chi connectivity index (χ3v) is 4.61. The molecule has 8 nitrogen and oxygen atoms in total. The summed E-state index contributed by atoms with van der Waals surface area (Å²) in [4.78, 5) is 24.3. The van der Waals surface area contributed by atoms with Crippen molar-refractivity contribution in [1.82, 2.24) is 5.43 Å². The van der Waals surface area contributed by atoms with Crippen molar-refractivity contribution in [2.45, 2.75) is 6.92 Å². The van der Waals surface area contributed by atoms with Gasteiger partial charge in [0, 0.05) is 11.3 Å². The average molecular weight is 432 g/mol. The quantitative estimate of drug-likeness (QED) is 0.299. The van der Waals surface area contributed by atoms with Crippen molar-refractivity contribution in [3.63, 3.8) is 0 Å². The van der Waals surface area contributed by atoms with Crippen LogP contribution < -0.4 is 25.5 Å². The first-order valence-electron chi connectivity index (χ1n) is 9.80. The molecule has 0 unspecified atom stereocenters. The van der Waals surface area contributed by atoms with E-state index < -0.39 is 11.8 Å². The van der Waals surface area contributed by atoms with Gasteiger partial charge in [-0.05, 0) is 36.8 Å². The van der Waals surface area contributed by atoms with E-state index in [4.69, 9.17) is 9.47 Å². The molecule has 32 heavy (non-hydrogen) atoms. The number of hydrazone groups is 1. The predicted molar refractivity (Wildman–Crippen MR) is 125 cm³/mol. The minimum atomic E-state index is -0.913. The van der Waals surface area contributed by atoms with Gasteiger partial charge in [0.25, 0.3) is 0 Å². The molecule has 0 aliphatic heterocycles. The maximum absolute atomic E-state index is 12.2.